The molecule has 0 radical (unpaired) electrons. The smallest absolute Gasteiger partial charge is 0.127 e. The van der Waals surface area contributed by atoms with Gasteiger partial charge in [-0.1, -0.05) is 42.5 Å². The summed E-state index contributed by atoms with van der Waals surface area (Å²) in [5.41, 5.74) is 1.58. The van der Waals surface area contributed by atoms with E-state index in [4.69, 9.17) is 0 Å². The summed E-state index contributed by atoms with van der Waals surface area (Å²) in [7, 11) is 0. The Labute approximate surface area is 159 Å². The number of hydrogen-bond acceptors (Lipinski definition) is 0. The topological polar surface area (TPSA) is 8.88 Å². The average molecular weight is 353 g/mol. The molecule has 2 heteroatoms. The average Bonchev–Trinajstić information content (AvgIpc) is 3.33. The Morgan fingerprint density at radius 2 is 1.58 bits per heavy atom. The van der Waals surface area contributed by atoms with Gasteiger partial charge in [0, 0.05) is 5.92 Å². The molecule has 0 unspecified atom stereocenters. The van der Waals surface area contributed by atoms with Gasteiger partial charge in [0.05, 0.1) is 12.6 Å². The summed E-state index contributed by atoms with van der Waals surface area (Å²) in [6.07, 6.45) is 13.7. The lowest BCUT2D eigenvalue weighted by Crippen LogP contribution is -3.29. The van der Waals surface area contributed by atoms with Crippen molar-refractivity contribution >= 4 is 0 Å². The molecule has 2 N–H and O–H groups in total. The van der Waals surface area contributed by atoms with Crippen LogP contribution in [-0.4, -0.2) is 38.8 Å². The van der Waals surface area contributed by atoms with E-state index in [1.807, 2.05) is 9.80 Å². The predicted molar refractivity (Wildman–Crippen MR) is 107 cm³/mol. The van der Waals surface area contributed by atoms with Crippen molar-refractivity contribution in [1.82, 2.24) is 0 Å². The van der Waals surface area contributed by atoms with E-state index in [9.17, 15) is 0 Å². The molecule has 0 aromatic heterocycles. The lowest BCUT2D eigenvalue weighted by atomic mass is 9.81. The van der Waals surface area contributed by atoms with E-state index in [2.05, 4.69) is 42.5 Å². The second-order valence-corrected chi connectivity index (χ2v) is 9.61. The van der Waals surface area contributed by atoms with Gasteiger partial charge in [0.2, 0.25) is 0 Å². The molecule has 2 saturated carbocycles. The van der Waals surface area contributed by atoms with Gasteiger partial charge in [0.1, 0.15) is 26.2 Å². The summed E-state index contributed by atoms with van der Waals surface area (Å²) in [6, 6.07) is 12.2. The van der Waals surface area contributed by atoms with E-state index < -0.39 is 0 Å². The maximum atomic E-state index is 2.53. The van der Waals surface area contributed by atoms with Crippen LogP contribution in [0, 0.1) is 17.8 Å². The third-order valence-corrected chi connectivity index (χ3v) is 8.14. The van der Waals surface area contributed by atoms with Gasteiger partial charge >= 0.3 is 0 Å². The summed E-state index contributed by atoms with van der Waals surface area (Å²) in [6.45, 7) is 7.15. The van der Waals surface area contributed by atoms with Crippen molar-refractivity contribution in [1.29, 1.82) is 0 Å². The summed E-state index contributed by atoms with van der Waals surface area (Å²) < 4.78 is 0. The SMILES string of the molecule is C1=C[C@H]2C[C@H]1C[C@H]2C[NH+]1CC[NH+](C2CCC(c3ccccc3)CC2)CC1. The van der Waals surface area contributed by atoms with Crippen LogP contribution in [-0.2, 0) is 0 Å². The van der Waals surface area contributed by atoms with E-state index in [1.165, 1.54) is 71.2 Å². The molecule has 1 aliphatic heterocycles. The van der Waals surface area contributed by atoms with Crippen molar-refractivity contribution in [2.75, 3.05) is 32.7 Å². The van der Waals surface area contributed by atoms with Crippen molar-refractivity contribution in [2.45, 2.75) is 50.5 Å². The lowest BCUT2D eigenvalue weighted by molar-refractivity contribution is -1.03. The highest BCUT2D eigenvalue weighted by Gasteiger charge is 2.39. The highest BCUT2D eigenvalue weighted by molar-refractivity contribution is 5.19. The van der Waals surface area contributed by atoms with E-state index in [-0.39, 0.29) is 0 Å². The molecule has 0 amide bonds. The molecule has 3 aliphatic carbocycles. The van der Waals surface area contributed by atoms with Crippen LogP contribution in [0.2, 0.25) is 0 Å². The molecule has 2 nitrogen and oxygen atoms in total. The van der Waals surface area contributed by atoms with Crippen molar-refractivity contribution in [3.8, 4) is 0 Å². The fourth-order valence-corrected chi connectivity index (χ4v) is 6.60. The van der Waals surface area contributed by atoms with Crippen LogP contribution in [0.25, 0.3) is 0 Å². The number of quaternary nitrogens is 2. The summed E-state index contributed by atoms with van der Waals surface area (Å²) in [5, 5.41) is 0. The van der Waals surface area contributed by atoms with Gasteiger partial charge < -0.3 is 9.80 Å². The Morgan fingerprint density at radius 3 is 2.23 bits per heavy atom. The number of allylic oxidation sites excluding steroid dienone is 2. The lowest BCUT2D eigenvalue weighted by Gasteiger charge is -2.38. The molecule has 1 aromatic carbocycles. The van der Waals surface area contributed by atoms with Crippen LogP contribution in [0.3, 0.4) is 0 Å². The van der Waals surface area contributed by atoms with Crippen molar-refractivity contribution in [3.63, 3.8) is 0 Å². The standard InChI is InChI=1S/C24H34N2/c1-2-4-20(5-3-1)21-8-10-24(11-9-21)26-14-12-25(13-15-26)18-23-17-19-6-7-22(23)16-19/h1-7,19,21-24H,8-18H2/p+2/t19-,21?,22-,23-,24?/m0/s1. The summed E-state index contributed by atoms with van der Waals surface area (Å²) >= 11 is 0. The molecule has 3 fully saturated rings. The van der Waals surface area contributed by atoms with Crippen LogP contribution in [0.4, 0.5) is 0 Å². The van der Waals surface area contributed by atoms with E-state index in [1.54, 1.807) is 5.56 Å². The number of nitrogens with one attached hydrogen (secondary N) is 2. The maximum Gasteiger partial charge on any atom is 0.127 e. The Morgan fingerprint density at radius 1 is 0.808 bits per heavy atom. The van der Waals surface area contributed by atoms with Gasteiger partial charge in [-0.2, -0.15) is 0 Å². The molecule has 4 aliphatic rings. The second kappa shape index (κ2) is 7.48. The normalized spacial score (nSPS) is 42.2. The number of hydrogen-bond donors (Lipinski definition) is 2. The molecule has 1 heterocycles. The quantitative estimate of drug-likeness (QED) is 0.764. The Bertz CT molecular complexity index is 608. The van der Waals surface area contributed by atoms with E-state index in [0.29, 0.717) is 0 Å². The van der Waals surface area contributed by atoms with Crippen LogP contribution in [0.1, 0.15) is 50.0 Å². The first-order valence-corrected chi connectivity index (χ1v) is 11.3. The first-order valence-electron chi connectivity index (χ1n) is 11.3. The zero-order valence-corrected chi connectivity index (χ0v) is 16.2. The van der Waals surface area contributed by atoms with Gasteiger partial charge in [-0.3, -0.25) is 0 Å². The first kappa shape index (κ1) is 17.0. The third kappa shape index (κ3) is 3.51. The molecular formula is C24H36N2+2. The van der Waals surface area contributed by atoms with Crippen LogP contribution < -0.4 is 9.80 Å². The van der Waals surface area contributed by atoms with Gasteiger partial charge in [-0.25, -0.2) is 0 Å². The molecule has 0 spiro atoms. The van der Waals surface area contributed by atoms with Crippen molar-refractivity contribution in [2.24, 2.45) is 17.8 Å². The molecule has 2 bridgehead atoms. The molecule has 5 rings (SSSR count). The maximum absolute atomic E-state index is 2.53. The van der Waals surface area contributed by atoms with Crippen molar-refractivity contribution < 1.29 is 9.80 Å². The minimum atomic E-state index is 0.824. The fraction of sp³-hybridized carbons (Fsp3) is 0.667. The Balaban J connectivity index is 1.07. The van der Waals surface area contributed by atoms with E-state index >= 15 is 0 Å². The highest BCUT2D eigenvalue weighted by Crippen LogP contribution is 2.42. The van der Waals surface area contributed by atoms with Gasteiger partial charge in [0.25, 0.3) is 0 Å². The summed E-state index contributed by atoms with van der Waals surface area (Å²) in [5.74, 6) is 3.70. The van der Waals surface area contributed by atoms with Gasteiger partial charge in [-0.15, -0.1) is 0 Å². The van der Waals surface area contributed by atoms with Crippen LogP contribution in [0.5, 0.6) is 0 Å². The summed E-state index contributed by atoms with van der Waals surface area (Å²) in [4.78, 5) is 3.85. The predicted octanol–water partition coefficient (Wildman–Crippen LogP) is 1.71. The zero-order chi connectivity index (χ0) is 17.3. The first-order chi connectivity index (χ1) is 12.8. The molecule has 1 saturated heterocycles. The molecule has 3 atom stereocenters. The van der Waals surface area contributed by atoms with Gasteiger partial charge in [-0.05, 0) is 61.8 Å². The number of benzene rings is 1. The highest BCUT2D eigenvalue weighted by atomic mass is 15.3. The minimum absolute atomic E-state index is 0.824. The Kier molecular flexibility index (Phi) is 4.89. The largest absolute Gasteiger partial charge is 0.325 e. The van der Waals surface area contributed by atoms with Crippen molar-refractivity contribution in [3.05, 3.63) is 48.0 Å². The molecule has 140 valence electrons. The van der Waals surface area contributed by atoms with Crippen LogP contribution >= 0.6 is 0 Å². The minimum Gasteiger partial charge on any atom is -0.325 e. The second-order valence-electron chi connectivity index (χ2n) is 9.61. The number of piperazine rings is 1. The number of fused-ring (bicyclic) bond motifs is 2. The van der Waals surface area contributed by atoms with E-state index in [0.717, 1.165) is 29.7 Å². The molecular weight excluding hydrogens is 316 g/mol. The fourth-order valence-electron chi connectivity index (χ4n) is 6.60. The molecule has 1 aromatic rings. The van der Waals surface area contributed by atoms with Gasteiger partial charge in [0.15, 0.2) is 0 Å². The molecule has 26 heavy (non-hydrogen) atoms. The number of rotatable bonds is 4. The Hall–Kier alpha value is -1.12. The zero-order valence-electron chi connectivity index (χ0n) is 16.2. The van der Waals surface area contributed by atoms with Crippen LogP contribution in [0.15, 0.2) is 42.5 Å². The monoisotopic (exact) mass is 352 g/mol. The third-order valence-electron chi connectivity index (χ3n) is 8.14.